The number of benzene rings is 2. The van der Waals surface area contributed by atoms with Crippen LogP contribution in [0, 0.1) is 6.92 Å². The summed E-state index contributed by atoms with van der Waals surface area (Å²) in [6, 6.07) is 16.6. The molecule has 1 heterocycles. The summed E-state index contributed by atoms with van der Waals surface area (Å²) >= 11 is 0. The van der Waals surface area contributed by atoms with Crippen molar-refractivity contribution in [1.82, 2.24) is 9.62 Å². The molecule has 0 saturated carbocycles. The molecule has 1 aliphatic rings. The minimum atomic E-state index is -3.55. The molecule has 0 aliphatic carbocycles. The lowest BCUT2D eigenvalue weighted by Crippen LogP contribution is -2.42. The van der Waals surface area contributed by atoms with E-state index in [1.165, 1.54) is 0 Å². The van der Waals surface area contributed by atoms with Gasteiger partial charge in [0.15, 0.2) is 0 Å². The fourth-order valence-corrected chi connectivity index (χ4v) is 4.39. The van der Waals surface area contributed by atoms with E-state index in [9.17, 15) is 13.2 Å². The fourth-order valence-electron chi connectivity index (χ4n) is 3.22. The smallest absolute Gasteiger partial charge is 0.240 e. The fraction of sp³-hybridized carbons (Fsp3) is 0.381. The third kappa shape index (κ3) is 5.41. The van der Waals surface area contributed by atoms with Gasteiger partial charge in [-0.1, -0.05) is 42.5 Å². The largest absolute Gasteiger partial charge is 0.370 e. The number of hydrogen-bond donors (Lipinski definition) is 1. The number of nitrogens with zero attached hydrogens (tertiary/aromatic N) is 1. The van der Waals surface area contributed by atoms with Crippen LogP contribution in [0.15, 0.2) is 59.5 Å². The molecule has 1 aliphatic heterocycles. The van der Waals surface area contributed by atoms with E-state index < -0.39 is 10.0 Å². The first kappa shape index (κ1) is 20.5. The normalized spacial score (nSPS) is 17.5. The van der Waals surface area contributed by atoms with E-state index >= 15 is 0 Å². The number of nitrogens with one attached hydrogen (secondary N) is 1. The molecule has 1 unspecified atom stereocenters. The van der Waals surface area contributed by atoms with E-state index in [0.717, 1.165) is 11.1 Å². The highest BCUT2D eigenvalue weighted by molar-refractivity contribution is 7.89. The lowest BCUT2D eigenvalue weighted by atomic mass is 10.1. The molecule has 0 radical (unpaired) electrons. The average Bonchev–Trinajstić information content (AvgIpc) is 2.72. The molecule has 28 heavy (non-hydrogen) atoms. The van der Waals surface area contributed by atoms with Gasteiger partial charge in [-0.15, -0.1) is 0 Å². The minimum absolute atomic E-state index is 0.0268. The Kier molecular flexibility index (Phi) is 6.83. The quantitative estimate of drug-likeness (QED) is 0.723. The van der Waals surface area contributed by atoms with Crippen LogP contribution in [-0.4, -0.2) is 45.5 Å². The zero-order valence-corrected chi connectivity index (χ0v) is 16.8. The van der Waals surface area contributed by atoms with Crippen LogP contribution in [0.3, 0.4) is 0 Å². The van der Waals surface area contributed by atoms with Crippen molar-refractivity contribution in [3.05, 3.63) is 65.7 Å². The maximum atomic E-state index is 12.5. The Labute approximate surface area is 166 Å². The van der Waals surface area contributed by atoms with Crippen molar-refractivity contribution in [2.45, 2.75) is 30.8 Å². The van der Waals surface area contributed by atoms with E-state index in [0.29, 0.717) is 32.5 Å². The van der Waals surface area contributed by atoms with Gasteiger partial charge in [0.05, 0.1) is 18.0 Å². The number of rotatable bonds is 7. The number of carbonyl (C=O) groups excluding carboxylic acids is 1. The summed E-state index contributed by atoms with van der Waals surface area (Å²) in [6.07, 6.45) is 0.647. The van der Waals surface area contributed by atoms with Gasteiger partial charge in [0, 0.05) is 19.5 Å². The summed E-state index contributed by atoms with van der Waals surface area (Å²) in [7, 11) is -3.55. The molecule has 3 rings (SSSR count). The van der Waals surface area contributed by atoms with Crippen LogP contribution in [-0.2, 0) is 19.6 Å². The van der Waals surface area contributed by atoms with E-state index in [1.54, 1.807) is 23.1 Å². The molecule has 0 aromatic heterocycles. The van der Waals surface area contributed by atoms with Crippen LogP contribution >= 0.6 is 0 Å². The van der Waals surface area contributed by atoms with Gasteiger partial charge in [-0.05, 0) is 36.6 Å². The van der Waals surface area contributed by atoms with Crippen LogP contribution in [0.2, 0.25) is 0 Å². The summed E-state index contributed by atoms with van der Waals surface area (Å²) < 4.78 is 33.0. The lowest BCUT2D eigenvalue weighted by Gasteiger charge is -2.33. The molecule has 0 bridgehead atoms. The number of aryl methyl sites for hydroxylation is 1. The van der Waals surface area contributed by atoms with Crippen molar-refractivity contribution >= 4 is 15.9 Å². The van der Waals surface area contributed by atoms with Gasteiger partial charge in [0.25, 0.3) is 0 Å². The predicted molar refractivity (Wildman–Crippen MR) is 107 cm³/mol. The highest BCUT2D eigenvalue weighted by Gasteiger charge is 2.25. The van der Waals surface area contributed by atoms with Gasteiger partial charge < -0.3 is 9.64 Å². The van der Waals surface area contributed by atoms with Crippen LogP contribution in [0.5, 0.6) is 0 Å². The predicted octanol–water partition coefficient (Wildman–Crippen LogP) is 2.65. The van der Waals surface area contributed by atoms with Crippen molar-refractivity contribution in [3.63, 3.8) is 0 Å². The molecule has 2 aromatic carbocycles. The summed E-state index contributed by atoms with van der Waals surface area (Å²) in [4.78, 5) is 14.6. The summed E-state index contributed by atoms with van der Waals surface area (Å²) in [6.45, 7) is 3.68. The summed E-state index contributed by atoms with van der Waals surface area (Å²) in [5.74, 6) is 0.0268. The number of sulfonamides is 1. The van der Waals surface area contributed by atoms with E-state index in [-0.39, 0.29) is 23.5 Å². The Morgan fingerprint density at radius 1 is 1.18 bits per heavy atom. The third-order valence-electron chi connectivity index (χ3n) is 4.75. The number of carbonyl (C=O) groups is 1. The summed E-state index contributed by atoms with van der Waals surface area (Å²) in [5, 5.41) is 0. The molecule has 1 fully saturated rings. The Morgan fingerprint density at radius 3 is 2.71 bits per heavy atom. The van der Waals surface area contributed by atoms with Gasteiger partial charge >= 0.3 is 0 Å². The molecule has 0 spiro atoms. The Bertz CT molecular complexity index is 900. The van der Waals surface area contributed by atoms with E-state index in [1.807, 2.05) is 43.3 Å². The third-order valence-corrected chi connectivity index (χ3v) is 6.21. The molecular formula is C21H26N2O4S. The highest BCUT2D eigenvalue weighted by Crippen LogP contribution is 2.22. The zero-order valence-electron chi connectivity index (χ0n) is 16.0. The second kappa shape index (κ2) is 9.32. The number of hydrogen-bond acceptors (Lipinski definition) is 4. The van der Waals surface area contributed by atoms with Crippen LogP contribution in [0.1, 0.15) is 30.1 Å². The van der Waals surface area contributed by atoms with Crippen LogP contribution in [0.4, 0.5) is 0 Å². The SMILES string of the molecule is Cc1cccc(S(=O)(=O)NCCCC(=O)N2CCOC(c3ccccc3)C2)c1. The van der Waals surface area contributed by atoms with Crippen LogP contribution in [0.25, 0.3) is 0 Å². The Morgan fingerprint density at radius 2 is 1.96 bits per heavy atom. The first-order valence-electron chi connectivity index (χ1n) is 9.46. The van der Waals surface area contributed by atoms with Crippen LogP contribution < -0.4 is 4.72 Å². The monoisotopic (exact) mass is 402 g/mol. The minimum Gasteiger partial charge on any atom is -0.370 e. The highest BCUT2D eigenvalue weighted by atomic mass is 32.2. The number of amides is 1. The van der Waals surface area contributed by atoms with Crippen molar-refractivity contribution in [1.29, 1.82) is 0 Å². The standard InChI is InChI=1S/C21H26N2O4S/c1-17-7-5-10-19(15-17)28(25,26)22-12-6-11-21(24)23-13-14-27-20(16-23)18-8-3-2-4-9-18/h2-5,7-10,15,20,22H,6,11-14,16H2,1H3. The van der Waals surface area contributed by atoms with E-state index in [2.05, 4.69) is 4.72 Å². The van der Waals surface area contributed by atoms with Gasteiger partial charge in [-0.25, -0.2) is 13.1 Å². The maximum Gasteiger partial charge on any atom is 0.240 e. The van der Waals surface area contributed by atoms with Crippen molar-refractivity contribution in [2.75, 3.05) is 26.2 Å². The van der Waals surface area contributed by atoms with Gasteiger partial charge in [0.2, 0.25) is 15.9 Å². The molecule has 2 aromatic rings. The second-order valence-corrected chi connectivity index (χ2v) is 8.69. The van der Waals surface area contributed by atoms with Crippen molar-refractivity contribution < 1.29 is 17.9 Å². The Hall–Kier alpha value is -2.22. The first-order chi connectivity index (χ1) is 13.5. The van der Waals surface area contributed by atoms with Gasteiger partial charge in [-0.2, -0.15) is 0 Å². The molecule has 1 saturated heterocycles. The Balaban J connectivity index is 1.46. The number of morpholine rings is 1. The van der Waals surface area contributed by atoms with Crippen molar-refractivity contribution in [3.8, 4) is 0 Å². The molecule has 1 amide bonds. The van der Waals surface area contributed by atoms with Gasteiger partial charge in [0.1, 0.15) is 6.10 Å². The molecule has 150 valence electrons. The molecule has 6 nitrogen and oxygen atoms in total. The number of ether oxygens (including phenoxy) is 1. The summed E-state index contributed by atoms with van der Waals surface area (Å²) in [5.41, 5.74) is 1.95. The lowest BCUT2D eigenvalue weighted by molar-refractivity contribution is -0.139. The maximum absolute atomic E-state index is 12.5. The molecule has 7 heteroatoms. The van der Waals surface area contributed by atoms with Crippen molar-refractivity contribution in [2.24, 2.45) is 0 Å². The average molecular weight is 403 g/mol. The first-order valence-corrected chi connectivity index (χ1v) is 10.9. The second-order valence-electron chi connectivity index (χ2n) is 6.93. The zero-order chi connectivity index (χ0) is 20.0. The van der Waals surface area contributed by atoms with E-state index in [4.69, 9.17) is 4.74 Å². The topological polar surface area (TPSA) is 75.7 Å². The van der Waals surface area contributed by atoms with Gasteiger partial charge in [-0.3, -0.25) is 4.79 Å². The molecule has 1 N–H and O–H groups in total. The molecular weight excluding hydrogens is 376 g/mol. The molecule has 1 atom stereocenters.